The molecule has 0 spiro atoms. The molecule has 0 fully saturated rings. The summed E-state index contributed by atoms with van der Waals surface area (Å²) in [6.45, 7) is 0. The van der Waals surface area contributed by atoms with Crippen molar-refractivity contribution in [3.63, 3.8) is 0 Å². The minimum atomic E-state index is -0.567. The van der Waals surface area contributed by atoms with E-state index in [-0.39, 0.29) is 0 Å². The molecule has 8 aromatic carbocycles. The molecule has 0 N–H and O–H groups in total. The van der Waals surface area contributed by atoms with Gasteiger partial charge >= 0.3 is 0 Å². The summed E-state index contributed by atoms with van der Waals surface area (Å²) in [7, 11) is 0. The molecule has 10 aromatic rings. The maximum absolute atomic E-state index is 6.82. The predicted molar refractivity (Wildman–Crippen MR) is 226 cm³/mol. The molecule has 2 aromatic heterocycles. The smallest absolute Gasteiger partial charge is 0.164 e. The number of aromatic nitrogens is 3. The van der Waals surface area contributed by atoms with Gasteiger partial charge in [-0.25, -0.2) is 15.0 Å². The van der Waals surface area contributed by atoms with Crippen molar-refractivity contribution in [1.29, 1.82) is 0 Å². The Hall–Kier alpha value is -7.43. The standard InChI is InChI=1S/C52H33N3O/c1-4-15-34(16-5-1)37-21-14-22-39(31-37)52(45-25-12-10-23-41(45)42-24-11-13-26-46(42)52)40-28-30-44-43-29-27-38(32-47(43)56-48(44)33-40)51-54-49(35-17-6-2-7-18-35)53-50(55-51)36-19-8-3-9-20-36/h1-33H. The predicted octanol–water partition coefficient (Wildman–Crippen LogP) is 12.8. The van der Waals surface area contributed by atoms with Gasteiger partial charge in [-0.15, -0.1) is 0 Å². The summed E-state index contributed by atoms with van der Waals surface area (Å²) in [5.74, 6) is 1.85. The van der Waals surface area contributed by atoms with Crippen LogP contribution < -0.4 is 0 Å². The molecule has 0 amide bonds. The normalized spacial score (nSPS) is 12.8. The Kier molecular flexibility index (Phi) is 7.36. The van der Waals surface area contributed by atoms with Crippen molar-refractivity contribution in [2.24, 2.45) is 0 Å². The highest BCUT2D eigenvalue weighted by molar-refractivity contribution is 6.06. The van der Waals surface area contributed by atoms with E-state index in [0.717, 1.165) is 44.2 Å². The maximum Gasteiger partial charge on any atom is 0.164 e. The SMILES string of the molecule is c1ccc(-c2cccc(C3(c4ccc5c(c4)oc4cc(-c6nc(-c7ccccc7)nc(-c7ccccc7)n6)ccc45)c4ccccc4-c4ccccc43)c2)cc1. The fraction of sp³-hybridized carbons (Fsp3) is 0.0192. The van der Waals surface area contributed by atoms with Gasteiger partial charge in [0.15, 0.2) is 17.5 Å². The molecule has 0 unspecified atom stereocenters. The van der Waals surface area contributed by atoms with Gasteiger partial charge in [-0.1, -0.05) is 176 Å². The molecule has 0 radical (unpaired) electrons. The highest BCUT2D eigenvalue weighted by Crippen LogP contribution is 2.56. The van der Waals surface area contributed by atoms with E-state index in [1.807, 2.05) is 60.7 Å². The molecule has 0 atom stereocenters. The highest BCUT2D eigenvalue weighted by Gasteiger charge is 2.46. The average molecular weight is 716 g/mol. The monoisotopic (exact) mass is 715 g/mol. The lowest BCUT2D eigenvalue weighted by atomic mass is 9.67. The van der Waals surface area contributed by atoms with Crippen molar-refractivity contribution in [3.8, 4) is 56.4 Å². The fourth-order valence-electron chi connectivity index (χ4n) is 8.67. The van der Waals surface area contributed by atoms with Gasteiger partial charge in [0, 0.05) is 27.5 Å². The third-order valence-electron chi connectivity index (χ3n) is 11.2. The summed E-state index contributed by atoms with van der Waals surface area (Å²) in [4.78, 5) is 14.8. The van der Waals surface area contributed by atoms with Gasteiger partial charge in [-0.2, -0.15) is 0 Å². The van der Waals surface area contributed by atoms with Crippen molar-refractivity contribution in [1.82, 2.24) is 15.0 Å². The summed E-state index contributed by atoms with van der Waals surface area (Å²) in [5.41, 5.74) is 13.6. The molecule has 262 valence electrons. The Morgan fingerprint density at radius 2 is 0.786 bits per heavy atom. The zero-order valence-electron chi connectivity index (χ0n) is 30.3. The Morgan fingerprint density at radius 3 is 1.39 bits per heavy atom. The molecule has 56 heavy (non-hydrogen) atoms. The molecule has 4 nitrogen and oxygen atoms in total. The van der Waals surface area contributed by atoms with Gasteiger partial charge in [0.25, 0.3) is 0 Å². The largest absolute Gasteiger partial charge is 0.456 e. The van der Waals surface area contributed by atoms with Crippen molar-refractivity contribution in [3.05, 3.63) is 222 Å². The van der Waals surface area contributed by atoms with Crippen LogP contribution in [0.2, 0.25) is 0 Å². The van der Waals surface area contributed by atoms with E-state index in [1.165, 1.54) is 38.9 Å². The summed E-state index contributed by atoms with van der Waals surface area (Å²) in [6, 6.07) is 70.6. The average Bonchev–Trinajstić information content (AvgIpc) is 3.80. The lowest BCUT2D eigenvalue weighted by molar-refractivity contribution is 0.665. The number of hydrogen-bond acceptors (Lipinski definition) is 4. The van der Waals surface area contributed by atoms with Crippen LogP contribution in [0.1, 0.15) is 22.3 Å². The number of rotatable bonds is 6. The molecule has 4 heteroatoms. The Morgan fingerprint density at radius 1 is 0.321 bits per heavy atom. The van der Waals surface area contributed by atoms with Crippen LogP contribution in [0.15, 0.2) is 205 Å². The van der Waals surface area contributed by atoms with Gasteiger partial charge in [-0.3, -0.25) is 0 Å². The number of hydrogen-bond donors (Lipinski definition) is 0. The Balaban J connectivity index is 1.10. The maximum atomic E-state index is 6.82. The van der Waals surface area contributed by atoms with Gasteiger partial charge in [0.2, 0.25) is 0 Å². The molecule has 0 saturated heterocycles. The van der Waals surface area contributed by atoms with Gasteiger partial charge in [0.05, 0.1) is 5.41 Å². The quantitative estimate of drug-likeness (QED) is 0.172. The van der Waals surface area contributed by atoms with E-state index in [0.29, 0.717) is 17.5 Å². The highest BCUT2D eigenvalue weighted by atomic mass is 16.3. The minimum Gasteiger partial charge on any atom is -0.456 e. The summed E-state index contributed by atoms with van der Waals surface area (Å²) in [5, 5.41) is 2.11. The van der Waals surface area contributed by atoms with Crippen LogP contribution in [-0.4, -0.2) is 15.0 Å². The molecule has 1 aliphatic carbocycles. The zero-order chi connectivity index (χ0) is 37.1. The number of nitrogens with zero attached hydrogens (tertiary/aromatic N) is 3. The first kappa shape index (κ1) is 32.0. The molecule has 2 heterocycles. The molecule has 0 saturated carbocycles. The van der Waals surface area contributed by atoms with Crippen molar-refractivity contribution in [2.45, 2.75) is 5.41 Å². The van der Waals surface area contributed by atoms with Crippen molar-refractivity contribution >= 4 is 21.9 Å². The zero-order valence-corrected chi connectivity index (χ0v) is 30.3. The lowest BCUT2D eigenvalue weighted by Crippen LogP contribution is -2.28. The van der Waals surface area contributed by atoms with Crippen LogP contribution in [0.4, 0.5) is 0 Å². The molecule has 0 aliphatic heterocycles. The second-order valence-electron chi connectivity index (χ2n) is 14.4. The van der Waals surface area contributed by atoms with Gasteiger partial charge in [-0.05, 0) is 68.8 Å². The van der Waals surface area contributed by atoms with Gasteiger partial charge < -0.3 is 4.42 Å². The van der Waals surface area contributed by atoms with Crippen LogP contribution in [0.5, 0.6) is 0 Å². The van der Waals surface area contributed by atoms with E-state index in [2.05, 4.69) is 140 Å². The van der Waals surface area contributed by atoms with E-state index < -0.39 is 5.41 Å². The molecule has 0 bridgehead atoms. The molecule has 11 rings (SSSR count). The second kappa shape index (κ2) is 12.9. The van der Waals surface area contributed by atoms with Crippen LogP contribution >= 0.6 is 0 Å². The third-order valence-corrected chi connectivity index (χ3v) is 11.2. The van der Waals surface area contributed by atoms with E-state index in [1.54, 1.807) is 0 Å². The van der Waals surface area contributed by atoms with E-state index in [9.17, 15) is 0 Å². The van der Waals surface area contributed by atoms with E-state index >= 15 is 0 Å². The number of benzene rings is 8. The fourth-order valence-corrected chi connectivity index (χ4v) is 8.67. The van der Waals surface area contributed by atoms with E-state index in [4.69, 9.17) is 19.4 Å². The summed E-state index contributed by atoms with van der Waals surface area (Å²) < 4.78 is 6.82. The number of fused-ring (bicyclic) bond motifs is 6. The topological polar surface area (TPSA) is 51.8 Å². The molecule has 1 aliphatic rings. The first-order chi connectivity index (χ1) is 27.7. The molecular formula is C52H33N3O. The van der Waals surface area contributed by atoms with Crippen molar-refractivity contribution < 1.29 is 4.42 Å². The van der Waals surface area contributed by atoms with Gasteiger partial charge in [0.1, 0.15) is 11.2 Å². The Bertz CT molecular complexity index is 2980. The first-order valence-corrected chi connectivity index (χ1v) is 18.9. The summed E-state index contributed by atoms with van der Waals surface area (Å²) >= 11 is 0. The van der Waals surface area contributed by atoms with Crippen LogP contribution in [0.25, 0.3) is 78.4 Å². The summed E-state index contributed by atoms with van der Waals surface area (Å²) in [6.07, 6.45) is 0. The van der Waals surface area contributed by atoms with Crippen LogP contribution in [0.3, 0.4) is 0 Å². The Labute approximate surface area is 324 Å². The lowest BCUT2D eigenvalue weighted by Gasteiger charge is -2.34. The molecular weight excluding hydrogens is 683 g/mol. The second-order valence-corrected chi connectivity index (χ2v) is 14.4. The third kappa shape index (κ3) is 5.04. The first-order valence-electron chi connectivity index (χ1n) is 18.9. The van der Waals surface area contributed by atoms with Crippen LogP contribution in [0, 0.1) is 0 Å². The van der Waals surface area contributed by atoms with Crippen LogP contribution in [-0.2, 0) is 5.41 Å². The van der Waals surface area contributed by atoms with Crippen molar-refractivity contribution in [2.75, 3.05) is 0 Å². The minimum absolute atomic E-state index is 0.567. The number of furan rings is 1.